The van der Waals surface area contributed by atoms with E-state index >= 15 is 0 Å². The molecule has 7 heteroatoms. The first-order valence-electron chi connectivity index (χ1n) is 6.57. The van der Waals surface area contributed by atoms with Gasteiger partial charge in [0.1, 0.15) is 29.5 Å². The molecule has 1 unspecified atom stereocenters. The minimum Gasteiger partial charge on any atom is -0.488 e. The maximum Gasteiger partial charge on any atom is 0.165 e. The molecule has 21 heavy (non-hydrogen) atoms. The summed E-state index contributed by atoms with van der Waals surface area (Å²) in [6.07, 6.45) is 3.67. The number of ether oxygens (including phenoxy) is 1. The Morgan fingerprint density at radius 1 is 1.33 bits per heavy atom. The molecule has 0 bridgehead atoms. The summed E-state index contributed by atoms with van der Waals surface area (Å²) in [5.74, 6) is 0.850. The molecule has 1 aliphatic heterocycles. The molecular formula is C14H12FN5O. The van der Waals surface area contributed by atoms with Crippen molar-refractivity contribution in [3.8, 4) is 5.75 Å². The molecule has 3 aromatic rings. The molecule has 6 nitrogen and oxygen atoms in total. The van der Waals surface area contributed by atoms with Crippen LogP contribution in [0.2, 0.25) is 0 Å². The van der Waals surface area contributed by atoms with Crippen LogP contribution in [0.3, 0.4) is 0 Å². The average molecular weight is 285 g/mol. The molecular weight excluding hydrogens is 273 g/mol. The molecule has 3 heterocycles. The number of benzene rings is 1. The summed E-state index contributed by atoms with van der Waals surface area (Å²) in [6.45, 7) is 0.573. The minimum atomic E-state index is -0.244. The second kappa shape index (κ2) is 4.41. The molecule has 0 saturated heterocycles. The van der Waals surface area contributed by atoms with Gasteiger partial charge in [0, 0.05) is 12.0 Å². The van der Waals surface area contributed by atoms with Crippen molar-refractivity contribution in [2.24, 2.45) is 0 Å². The van der Waals surface area contributed by atoms with Crippen LogP contribution in [0.4, 0.5) is 10.2 Å². The van der Waals surface area contributed by atoms with Crippen LogP contribution >= 0.6 is 0 Å². The van der Waals surface area contributed by atoms with Gasteiger partial charge in [-0.25, -0.2) is 19.3 Å². The highest BCUT2D eigenvalue weighted by atomic mass is 19.1. The molecule has 2 N–H and O–H groups in total. The summed E-state index contributed by atoms with van der Waals surface area (Å²) < 4.78 is 20.9. The smallest absolute Gasteiger partial charge is 0.165 e. The van der Waals surface area contributed by atoms with E-state index in [1.54, 1.807) is 12.4 Å². The molecule has 0 radical (unpaired) electrons. The van der Waals surface area contributed by atoms with Gasteiger partial charge in [-0.2, -0.15) is 0 Å². The third kappa shape index (κ3) is 1.97. The summed E-state index contributed by atoms with van der Waals surface area (Å²) in [7, 11) is 0. The van der Waals surface area contributed by atoms with Crippen LogP contribution in [0.5, 0.6) is 5.75 Å². The monoisotopic (exact) mass is 285 g/mol. The Morgan fingerprint density at radius 2 is 2.24 bits per heavy atom. The Hall–Kier alpha value is -2.70. The van der Waals surface area contributed by atoms with Crippen molar-refractivity contribution >= 4 is 17.0 Å². The number of nitrogens with zero attached hydrogens (tertiary/aromatic N) is 4. The molecule has 0 amide bonds. The number of halogens is 1. The number of nitrogens with two attached hydrogens (primary N) is 1. The fourth-order valence-corrected chi connectivity index (χ4v) is 2.64. The van der Waals surface area contributed by atoms with E-state index < -0.39 is 0 Å². The van der Waals surface area contributed by atoms with Crippen molar-refractivity contribution in [1.82, 2.24) is 19.5 Å². The van der Waals surface area contributed by atoms with Gasteiger partial charge in [-0.05, 0) is 18.2 Å². The topological polar surface area (TPSA) is 78.9 Å². The Kier molecular flexibility index (Phi) is 2.53. The third-order valence-electron chi connectivity index (χ3n) is 3.59. The van der Waals surface area contributed by atoms with Crippen LogP contribution in [0, 0.1) is 5.82 Å². The predicted molar refractivity (Wildman–Crippen MR) is 74.3 cm³/mol. The number of aromatic nitrogens is 4. The molecule has 1 atom stereocenters. The Morgan fingerprint density at radius 3 is 3.14 bits per heavy atom. The SMILES string of the molecule is Nc1ncnc2c1ncn2CC1Cc2cc(F)ccc2O1. The molecule has 4 rings (SSSR count). The van der Waals surface area contributed by atoms with Gasteiger partial charge in [0.2, 0.25) is 0 Å². The zero-order valence-electron chi connectivity index (χ0n) is 11.0. The number of rotatable bonds is 2. The van der Waals surface area contributed by atoms with Crippen molar-refractivity contribution < 1.29 is 9.13 Å². The van der Waals surface area contributed by atoms with Gasteiger partial charge in [0.05, 0.1) is 12.9 Å². The van der Waals surface area contributed by atoms with Crippen molar-refractivity contribution in [1.29, 1.82) is 0 Å². The van der Waals surface area contributed by atoms with Crippen molar-refractivity contribution in [2.75, 3.05) is 5.73 Å². The minimum absolute atomic E-state index is 0.0737. The quantitative estimate of drug-likeness (QED) is 0.773. The lowest BCUT2D eigenvalue weighted by atomic mass is 10.1. The van der Waals surface area contributed by atoms with Gasteiger partial charge in [0.15, 0.2) is 11.5 Å². The van der Waals surface area contributed by atoms with Crippen LogP contribution in [-0.4, -0.2) is 25.6 Å². The van der Waals surface area contributed by atoms with Crippen molar-refractivity contribution in [2.45, 2.75) is 19.1 Å². The van der Waals surface area contributed by atoms with E-state index in [9.17, 15) is 4.39 Å². The van der Waals surface area contributed by atoms with Gasteiger partial charge in [-0.15, -0.1) is 0 Å². The summed E-state index contributed by atoms with van der Waals surface area (Å²) in [5.41, 5.74) is 7.91. The summed E-state index contributed by atoms with van der Waals surface area (Å²) in [4.78, 5) is 12.3. The summed E-state index contributed by atoms with van der Waals surface area (Å²) >= 11 is 0. The second-order valence-corrected chi connectivity index (χ2v) is 5.02. The van der Waals surface area contributed by atoms with E-state index in [0.717, 1.165) is 11.3 Å². The van der Waals surface area contributed by atoms with Crippen LogP contribution in [0.25, 0.3) is 11.2 Å². The van der Waals surface area contributed by atoms with Crippen molar-refractivity contribution in [3.63, 3.8) is 0 Å². The molecule has 2 aromatic heterocycles. The van der Waals surface area contributed by atoms with Gasteiger partial charge < -0.3 is 15.0 Å². The summed E-state index contributed by atoms with van der Waals surface area (Å²) in [6, 6.07) is 4.58. The number of fused-ring (bicyclic) bond motifs is 2. The lowest BCUT2D eigenvalue weighted by Gasteiger charge is -2.11. The maximum absolute atomic E-state index is 13.2. The fraction of sp³-hybridized carbons (Fsp3) is 0.214. The zero-order valence-corrected chi connectivity index (χ0v) is 11.0. The van der Waals surface area contributed by atoms with E-state index in [0.29, 0.717) is 29.9 Å². The number of nitrogen functional groups attached to an aromatic ring is 1. The first-order valence-corrected chi connectivity index (χ1v) is 6.57. The van der Waals surface area contributed by atoms with E-state index in [2.05, 4.69) is 15.0 Å². The predicted octanol–water partition coefficient (Wildman–Crippen LogP) is 1.55. The molecule has 0 aliphatic carbocycles. The average Bonchev–Trinajstić information content (AvgIpc) is 3.04. The molecule has 1 aromatic carbocycles. The van der Waals surface area contributed by atoms with Gasteiger partial charge in [-0.3, -0.25) is 0 Å². The fourth-order valence-electron chi connectivity index (χ4n) is 2.64. The lowest BCUT2D eigenvalue weighted by Crippen LogP contribution is -2.20. The van der Waals surface area contributed by atoms with E-state index in [1.165, 1.54) is 18.5 Å². The third-order valence-corrected chi connectivity index (χ3v) is 3.59. The van der Waals surface area contributed by atoms with Crippen LogP contribution in [-0.2, 0) is 13.0 Å². The first kappa shape index (κ1) is 12.1. The Balaban J connectivity index is 1.61. The normalized spacial score (nSPS) is 16.9. The lowest BCUT2D eigenvalue weighted by molar-refractivity contribution is 0.210. The molecule has 0 spiro atoms. The molecule has 1 aliphatic rings. The number of imidazole rings is 1. The Labute approximate surface area is 119 Å². The molecule has 0 fully saturated rings. The largest absolute Gasteiger partial charge is 0.488 e. The van der Waals surface area contributed by atoms with E-state index in [-0.39, 0.29) is 11.9 Å². The number of hydrogen-bond donors (Lipinski definition) is 1. The molecule has 106 valence electrons. The number of hydrogen-bond acceptors (Lipinski definition) is 5. The standard InChI is InChI=1S/C14H12FN5O/c15-9-1-2-11-8(3-9)4-10(21-11)5-20-7-19-12-13(16)17-6-18-14(12)20/h1-3,6-7,10H,4-5H2,(H2,16,17,18). The molecule has 0 saturated carbocycles. The maximum atomic E-state index is 13.2. The van der Waals surface area contributed by atoms with Crippen LogP contribution in [0.15, 0.2) is 30.9 Å². The first-order chi connectivity index (χ1) is 10.2. The van der Waals surface area contributed by atoms with E-state index in [1.807, 2.05) is 4.57 Å². The van der Waals surface area contributed by atoms with Gasteiger partial charge in [0.25, 0.3) is 0 Å². The highest BCUT2D eigenvalue weighted by molar-refractivity contribution is 5.81. The highest BCUT2D eigenvalue weighted by Gasteiger charge is 2.24. The second-order valence-electron chi connectivity index (χ2n) is 5.02. The van der Waals surface area contributed by atoms with Crippen molar-refractivity contribution in [3.05, 3.63) is 42.2 Å². The van der Waals surface area contributed by atoms with Crippen LogP contribution < -0.4 is 10.5 Å². The Bertz CT molecular complexity index is 831. The zero-order chi connectivity index (χ0) is 14.4. The van der Waals surface area contributed by atoms with Crippen LogP contribution in [0.1, 0.15) is 5.56 Å². The van der Waals surface area contributed by atoms with Gasteiger partial charge >= 0.3 is 0 Å². The van der Waals surface area contributed by atoms with E-state index in [4.69, 9.17) is 10.5 Å². The number of anilines is 1. The highest BCUT2D eigenvalue weighted by Crippen LogP contribution is 2.30. The van der Waals surface area contributed by atoms with Gasteiger partial charge in [-0.1, -0.05) is 0 Å². The summed E-state index contributed by atoms with van der Waals surface area (Å²) in [5, 5.41) is 0.